The summed E-state index contributed by atoms with van der Waals surface area (Å²) in [5.41, 5.74) is 2.32. The second kappa shape index (κ2) is 5.37. The van der Waals surface area contributed by atoms with Gasteiger partial charge < -0.3 is 4.42 Å². The number of furan rings is 1. The van der Waals surface area contributed by atoms with Crippen molar-refractivity contribution in [1.29, 1.82) is 0 Å². The Bertz CT molecular complexity index is 512. The largest absolute Gasteiger partial charge is 0.464 e. The molecule has 3 heteroatoms. The third-order valence-electron chi connectivity index (χ3n) is 2.67. The van der Waals surface area contributed by atoms with E-state index in [1.807, 2.05) is 18.0 Å². The highest BCUT2D eigenvalue weighted by Crippen LogP contribution is 2.26. The van der Waals surface area contributed by atoms with E-state index in [4.69, 9.17) is 4.42 Å². The Morgan fingerprint density at radius 1 is 1.22 bits per heavy atom. The van der Waals surface area contributed by atoms with Gasteiger partial charge in [-0.2, -0.15) is 0 Å². The molecule has 1 aromatic heterocycles. The first-order valence-electron chi connectivity index (χ1n) is 6.30. The highest BCUT2D eigenvalue weighted by atomic mass is 32.2. The average Bonchev–Trinajstić information content (AvgIpc) is 2.71. The van der Waals surface area contributed by atoms with Crippen molar-refractivity contribution in [3.63, 3.8) is 0 Å². The van der Waals surface area contributed by atoms with E-state index in [0.717, 1.165) is 18.5 Å². The van der Waals surface area contributed by atoms with E-state index in [1.165, 1.54) is 10.9 Å². The van der Waals surface area contributed by atoms with Crippen LogP contribution in [0.3, 0.4) is 0 Å². The average molecular weight is 263 g/mol. The van der Waals surface area contributed by atoms with Gasteiger partial charge in [0.15, 0.2) is 0 Å². The highest BCUT2D eigenvalue weighted by Gasteiger charge is 2.14. The molecule has 2 nitrogen and oxygen atoms in total. The zero-order chi connectivity index (χ0) is 13.2. The summed E-state index contributed by atoms with van der Waals surface area (Å²) in [5, 5.41) is 1.18. The Balaban J connectivity index is 1.93. The van der Waals surface area contributed by atoms with Gasteiger partial charge in [0.1, 0.15) is 5.58 Å². The van der Waals surface area contributed by atoms with E-state index >= 15 is 0 Å². The Kier molecular flexibility index (Phi) is 4.03. The third kappa shape index (κ3) is 3.79. The zero-order valence-electron chi connectivity index (χ0n) is 11.6. The molecule has 0 saturated heterocycles. The predicted octanol–water partition coefficient (Wildman–Crippen LogP) is 4.35. The summed E-state index contributed by atoms with van der Waals surface area (Å²) in [7, 11) is 2.15. The van der Waals surface area contributed by atoms with Gasteiger partial charge in [-0.05, 0) is 51.9 Å². The van der Waals surface area contributed by atoms with Crippen LogP contribution in [0.5, 0.6) is 0 Å². The molecule has 0 amide bonds. The molecule has 0 atom stereocenters. The lowest BCUT2D eigenvalue weighted by Crippen LogP contribution is -2.21. The second-order valence-corrected chi connectivity index (χ2v) is 7.63. The predicted molar refractivity (Wildman–Crippen MR) is 79.9 cm³/mol. The normalized spacial score (nSPS) is 12.5. The Morgan fingerprint density at radius 2 is 2.00 bits per heavy atom. The minimum atomic E-state index is 0.277. The SMILES string of the molecule is CN(CCc1ccc2ccoc2c1)SC(C)(C)C. The first kappa shape index (κ1) is 13.5. The van der Waals surface area contributed by atoms with Gasteiger partial charge in [0.2, 0.25) is 0 Å². The Labute approximate surface area is 113 Å². The first-order chi connectivity index (χ1) is 8.44. The van der Waals surface area contributed by atoms with Gasteiger partial charge in [0.05, 0.1) is 6.26 Å². The maximum atomic E-state index is 5.43. The summed E-state index contributed by atoms with van der Waals surface area (Å²) < 4.78 is 8.02. The monoisotopic (exact) mass is 263 g/mol. The van der Waals surface area contributed by atoms with Crippen LogP contribution in [0.1, 0.15) is 26.3 Å². The van der Waals surface area contributed by atoms with Crippen molar-refractivity contribution in [2.75, 3.05) is 13.6 Å². The molecule has 0 spiro atoms. The van der Waals surface area contributed by atoms with Crippen LogP contribution in [0, 0.1) is 0 Å². The number of benzene rings is 1. The lowest BCUT2D eigenvalue weighted by atomic mass is 10.1. The molecule has 1 heterocycles. The smallest absolute Gasteiger partial charge is 0.134 e. The minimum absolute atomic E-state index is 0.277. The number of rotatable bonds is 4. The van der Waals surface area contributed by atoms with Crippen molar-refractivity contribution in [2.24, 2.45) is 0 Å². The molecule has 0 aliphatic heterocycles. The van der Waals surface area contributed by atoms with Crippen molar-refractivity contribution in [3.05, 3.63) is 36.1 Å². The molecule has 0 unspecified atom stereocenters. The zero-order valence-corrected chi connectivity index (χ0v) is 12.4. The van der Waals surface area contributed by atoms with E-state index < -0.39 is 0 Å². The van der Waals surface area contributed by atoms with Crippen LogP contribution >= 0.6 is 11.9 Å². The summed E-state index contributed by atoms with van der Waals surface area (Å²) in [6.45, 7) is 7.77. The van der Waals surface area contributed by atoms with Gasteiger partial charge in [0.25, 0.3) is 0 Å². The van der Waals surface area contributed by atoms with Crippen LogP contribution in [0.25, 0.3) is 11.0 Å². The maximum absolute atomic E-state index is 5.43. The molecular weight excluding hydrogens is 242 g/mol. The Morgan fingerprint density at radius 3 is 2.72 bits per heavy atom. The van der Waals surface area contributed by atoms with Crippen LogP contribution < -0.4 is 0 Å². The van der Waals surface area contributed by atoms with Crippen molar-refractivity contribution in [3.8, 4) is 0 Å². The summed E-state index contributed by atoms with van der Waals surface area (Å²) >= 11 is 1.89. The van der Waals surface area contributed by atoms with E-state index in [2.05, 4.69) is 50.3 Å². The minimum Gasteiger partial charge on any atom is -0.464 e. The van der Waals surface area contributed by atoms with Crippen LogP contribution in [0.2, 0.25) is 0 Å². The fourth-order valence-corrected chi connectivity index (χ4v) is 3.07. The molecule has 98 valence electrons. The molecule has 0 aliphatic rings. The fourth-order valence-electron chi connectivity index (χ4n) is 1.95. The number of hydrogen-bond acceptors (Lipinski definition) is 3. The first-order valence-corrected chi connectivity index (χ1v) is 7.08. The summed E-state index contributed by atoms with van der Waals surface area (Å²) in [6.07, 6.45) is 2.80. The topological polar surface area (TPSA) is 16.4 Å². The molecule has 0 N–H and O–H groups in total. The van der Waals surface area contributed by atoms with Crippen molar-refractivity contribution < 1.29 is 4.42 Å². The van der Waals surface area contributed by atoms with Crippen LogP contribution in [-0.2, 0) is 6.42 Å². The van der Waals surface area contributed by atoms with Crippen molar-refractivity contribution >= 4 is 22.9 Å². The molecule has 18 heavy (non-hydrogen) atoms. The van der Waals surface area contributed by atoms with Gasteiger partial charge in [-0.25, -0.2) is 0 Å². The van der Waals surface area contributed by atoms with Gasteiger partial charge in [0, 0.05) is 16.7 Å². The standard InChI is InChI=1S/C15H21NOS/c1-15(2,3)18-16(4)9-7-12-5-6-13-8-10-17-14(13)11-12/h5-6,8,10-11H,7,9H2,1-4H3. The molecule has 0 aliphatic carbocycles. The van der Waals surface area contributed by atoms with E-state index in [0.29, 0.717) is 0 Å². The van der Waals surface area contributed by atoms with Crippen LogP contribution in [0.4, 0.5) is 0 Å². The second-order valence-electron chi connectivity index (χ2n) is 5.60. The van der Waals surface area contributed by atoms with E-state index in [1.54, 1.807) is 6.26 Å². The third-order valence-corrected chi connectivity index (χ3v) is 3.71. The molecule has 0 radical (unpaired) electrons. The summed E-state index contributed by atoms with van der Waals surface area (Å²) in [4.78, 5) is 0. The van der Waals surface area contributed by atoms with E-state index in [9.17, 15) is 0 Å². The fraction of sp³-hybridized carbons (Fsp3) is 0.467. The number of likely N-dealkylation sites (N-methyl/N-ethyl adjacent to an activating group) is 1. The van der Waals surface area contributed by atoms with Gasteiger partial charge >= 0.3 is 0 Å². The maximum Gasteiger partial charge on any atom is 0.134 e. The number of hydrogen-bond donors (Lipinski definition) is 0. The highest BCUT2D eigenvalue weighted by molar-refractivity contribution is 7.98. The quantitative estimate of drug-likeness (QED) is 0.763. The van der Waals surface area contributed by atoms with Crippen LogP contribution in [0.15, 0.2) is 34.9 Å². The summed E-state index contributed by atoms with van der Waals surface area (Å²) in [6, 6.07) is 8.46. The molecular formula is C15H21NOS. The molecule has 2 aromatic rings. The van der Waals surface area contributed by atoms with Gasteiger partial charge in [-0.15, -0.1) is 0 Å². The summed E-state index contributed by atoms with van der Waals surface area (Å²) in [5.74, 6) is 0. The lowest BCUT2D eigenvalue weighted by Gasteiger charge is -2.25. The van der Waals surface area contributed by atoms with Gasteiger partial charge in [-0.3, -0.25) is 4.31 Å². The van der Waals surface area contributed by atoms with Crippen molar-refractivity contribution in [2.45, 2.75) is 31.9 Å². The molecule has 0 fully saturated rings. The van der Waals surface area contributed by atoms with Gasteiger partial charge in [-0.1, -0.05) is 24.1 Å². The molecule has 2 rings (SSSR count). The number of nitrogens with zero attached hydrogens (tertiary/aromatic N) is 1. The van der Waals surface area contributed by atoms with E-state index in [-0.39, 0.29) is 4.75 Å². The lowest BCUT2D eigenvalue weighted by molar-refractivity contribution is 0.554. The van der Waals surface area contributed by atoms with Crippen molar-refractivity contribution in [1.82, 2.24) is 4.31 Å². The van der Waals surface area contributed by atoms with Crippen LogP contribution in [-0.4, -0.2) is 22.6 Å². The Hall–Kier alpha value is -0.930. The molecule has 0 bridgehead atoms. The molecule has 0 saturated carbocycles. The number of fused-ring (bicyclic) bond motifs is 1. The molecule has 1 aromatic carbocycles.